The minimum atomic E-state index is -0.0599. The second-order valence-corrected chi connectivity index (χ2v) is 4.76. The van der Waals surface area contributed by atoms with Gasteiger partial charge < -0.3 is 0 Å². The summed E-state index contributed by atoms with van der Waals surface area (Å²) in [4.78, 5) is 0. The van der Waals surface area contributed by atoms with Crippen molar-refractivity contribution in [3.8, 4) is 5.69 Å². The van der Waals surface area contributed by atoms with Crippen molar-refractivity contribution >= 4 is 11.6 Å². The van der Waals surface area contributed by atoms with Crippen molar-refractivity contribution in [2.45, 2.75) is 32.6 Å². The summed E-state index contributed by atoms with van der Waals surface area (Å²) < 4.78 is 1.77. The summed E-state index contributed by atoms with van der Waals surface area (Å²) in [5.74, 6) is 0. The molecular weight excluding hydrogens is 234 g/mol. The van der Waals surface area contributed by atoms with Crippen LogP contribution in [-0.4, -0.2) is 15.0 Å². The summed E-state index contributed by atoms with van der Waals surface area (Å²) in [6.07, 6.45) is 2.75. The first kappa shape index (κ1) is 12.1. The first-order valence-corrected chi connectivity index (χ1v) is 6.19. The van der Waals surface area contributed by atoms with E-state index in [0.29, 0.717) is 0 Å². The third-order valence-electron chi connectivity index (χ3n) is 2.95. The molecule has 0 bridgehead atoms. The Hall–Kier alpha value is -1.35. The Balaban J connectivity index is 2.33. The highest BCUT2D eigenvalue weighted by Gasteiger charge is 2.10. The predicted octanol–water partition coefficient (Wildman–Crippen LogP) is 3.57. The van der Waals surface area contributed by atoms with Crippen LogP contribution in [0.4, 0.5) is 0 Å². The third kappa shape index (κ3) is 2.50. The van der Waals surface area contributed by atoms with Gasteiger partial charge in [0.05, 0.1) is 17.3 Å². The van der Waals surface area contributed by atoms with Crippen molar-refractivity contribution in [1.29, 1.82) is 0 Å². The van der Waals surface area contributed by atoms with Crippen LogP contribution < -0.4 is 0 Å². The summed E-state index contributed by atoms with van der Waals surface area (Å²) >= 11 is 6.13. The molecule has 17 heavy (non-hydrogen) atoms. The molecule has 0 aliphatic carbocycles. The number of hydrogen-bond donors (Lipinski definition) is 0. The number of nitrogens with zero attached hydrogens (tertiary/aromatic N) is 3. The Labute approximate surface area is 106 Å². The number of aromatic nitrogens is 3. The average molecular weight is 250 g/mol. The van der Waals surface area contributed by atoms with Crippen LogP contribution in [0.15, 0.2) is 24.4 Å². The third-order valence-corrected chi connectivity index (χ3v) is 3.48. The van der Waals surface area contributed by atoms with Crippen molar-refractivity contribution in [3.63, 3.8) is 0 Å². The molecular formula is C13H16ClN3. The van der Waals surface area contributed by atoms with Gasteiger partial charge in [-0.15, -0.1) is 16.7 Å². The Kier molecular flexibility index (Phi) is 3.48. The van der Waals surface area contributed by atoms with E-state index < -0.39 is 0 Å². The minimum absolute atomic E-state index is 0.0599. The zero-order chi connectivity index (χ0) is 12.4. The zero-order valence-electron chi connectivity index (χ0n) is 10.3. The lowest BCUT2D eigenvalue weighted by Gasteiger charge is -2.04. The molecule has 1 aromatic carbocycles. The highest BCUT2D eigenvalue weighted by molar-refractivity contribution is 6.20. The van der Waals surface area contributed by atoms with Crippen molar-refractivity contribution in [1.82, 2.24) is 15.0 Å². The molecule has 1 heterocycles. The van der Waals surface area contributed by atoms with E-state index in [2.05, 4.69) is 36.3 Å². The number of benzene rings is 1. The summed E-state index contributed by atoms with van der Waals surface area (Å²) in [5.41, 5.74) is 4.37. The van der Waals surface area contributed by atoms with Gasteiger partial charge in [0.2, 0.25) is 0 Å². The van der Waals surface area contributed by atoms with E-state index in [4.69, 9.17) is 11.6 Å². The molecule has 2 aromatic rings. The van der Waals surface area contributed by atoms with Gasteiger partial charge in [-0.05, 0) is 43.5 Å². The van der Waals surface area contributed by atoms with Gasteiger partial charge in [-0.3, -0.25) is 0 Å². The highest BCUT2D eigenvalue weighted by atomic mass is 35.5. The molecule has 0 saturated heterocycles. The van der Waals surface area contributed by atoms with Gasteiger partial charge in [0.25, 0.3) is 0 Å². The molecule has 4 heteroatoms. The first-order valence-electron chi connectivity index (χ1n) is 5.75. The lowest BCUT2D eigenvalue weighted by Crippen LogP contribution is -1.96. The fourth-order valence-electron chi connectivity index (χ4n) is 1.62. The molecule has 2 rings (SSSR count). The molecule has 0 radical (unpaired) electrons. The SMILES string of the molecule is CCC(Cl)c1cn(-c2ccc(C)c(C)c2)nn1. The molecule has 0 aliphatic rings. The van der Waals surface area contributed by atoms with Crippen LogP contribution in [0.5, 0.6) is 0 Å². The fourth-order valence-corrected chi connectivity index (χ4v) is 1.72. The molecule has 0 fully saturated rings. The number of rotatable bonds is 3. The molecule has 0 spiro atoms. The van der Waals surface area contributed by atoms with E-state index >= 15 is 0 Å². The highest BCUT2D eigenvalue weighted by Crippen LogP contribution is 2.22. The van der Waals surface area contributed by atoms with E-state index in [1.165, 1.54) is 11.1 Å². The number of halogens is 1. The molecule has 0 aliphatic heterocycles. The molecule has 3 nitrogen and oxygen atoms in total. The van der Waals surface area contributed by atoms with Crippen molar-refractivity contribution < 1.29 is 0 Å². The van der Waals surface area contributed by atoms with Gasteiger partial charge in [-0.2, -0.15) is 0 Å². The van der Waals surface area contributed by atoms with Crippen LogP contribution in [0, 0.1) is 13.8 Å². The topological polar surface area (TPSA) is 30.7 Å². The maximum Gasteiger partial charge on any atom is 0.101 e. The molecule has 0 amide bonds. The lowest BCUT2D eigenvalue weighted by molar-refractivity contribution is 0.785. The zero-order valence-corrected chi connectivity index (χ0v) is 11.1. The first-order chi connectivity index (χ1) is 8.11. The largest absolute Gasteiger partial charge is 0.220 e. The summed E-state index contributed by atoms with van der Waals surface area (Å²) in [5, 5.41) is 8.14. The van der Waals surface area contributed by atoms with Gasteiger partial charge in [-0.1, -0.05) is 18.2 Å². The van der Waals surface area contributed by atoms with Crippen LogP contribution >= 0.6 is 11.6 Å². The van der Waals surface area contributed by atoms with Gasteiger partial charge in [0.15, 0.2) is 0 Å². The smallest absolute Gasteiger partial charge is 0.101 e. The Morgan fingerprint density at radius 2 is 2.06 bits per heavy atom. The van der Waals surface area contributed by atoms with Crippen molar-refractivity contribution in [2.24, 2.45) is 0 Å². The van der Waals surface area contributed by atoms with E-state index in [-0.39, 0.29) is 5.38 Å². The quantitative estimate of drug-likeness (QED) is 0.779. The Morgan fingerprint density at radius 1 is 1.29 bits per heavy atom. The maximum atomic E-state index is 6.13. The standard InChI is InChI=1S/C13H16ClN3/c1-4-12(14)13-8-17(16-15-13)11-6-5-9(2)10(3)7-11/h5-8,12H,4H2,1-3H3. The van der Waals surface area contributed by atoms with Gasteiger partial charge in [0, 0.05) is 0 Å². The normalized spacial score (nSPS) is 12.7. The van der Waals surface area contributed by atoms with Crippen molar-refractivity contribution in [3.05, 3.63) is 41.2 Å². The van der Waals surface area contributed by atoms with E-state index in [9.17, 15) is 0 Å². The fraction of sp³-hybridized carbons (Fsp3) is 0.385. The summed E-state index contributed by atoms with van der Waals surface area (Å²) in [6.45, 7) is 6.22. The Morgan fingerprint density at radius 3 is 2.71 bits per heavy atom. The number of alkyl halides is 1. The number of aryl methyl sites for hydroxylation is 2. The van der Waals surface area contributed by atoms with E-state index in [1.54, 1.807) is 4.68 Å². The molecule has 0 saturated carbocycles. The van der Waals surface area contributed by atoms with Crippen molar-refractivity contribution in [2.75, 3.05) is 0 Å². The van der Waals surface area contributed by atoms with Crippen LogP contribution in [0.3, 0.4) is 0 Å². The van der Waals surface area contributed by atoms with Crippen LogP contribution in [-0.2, 0) is 0 Å². The summed E-state index contributed by atoms with van der Waals surface area (Å²) in [6, 6.07) is 6.23. The predicted molar refractivity (Wildman–Crippen MR) is 69.7 cm³/mol. The van der Waals surface area contributed by atoms with Gasteiger partial charge in [0.1, 0.15) is 5.69 Å². The van der Waals surface area contributed by atoms with E-state index in [1.807, 2.05) is 19.2 Å². The summed E-state index contributed by atoms with van der Waals surface area (Å²) in [7, 11) is 0. The molecule has 90 valence electrons. The maximum absolute atomic E-state index is 6.13. The van der Waals surface area contributed by atoms with Crippen LogP contribution in [0.25, 0.3) is 5.69 Å². The monoisotopic (exact) mass is 249 g/mol. The molecule has 1 aromatic heterocycles. The molecule has 0 N–H and O–H groups in total. The van der Waals surface area contributed by atoms with Gasteiger partial charge >= 0.3 is 0 Å². The molecule has 1 unspecified atom stereocenters. The lowest BCUT2D eigenvalue weighted by atomic mass is 10.1. The second kappa shape index (κ2) is 4.88. The average Bonchev–Trinajstić information content (AvgIpc) is 2.81. The minimum Gasteiger partial charge on any atom is -0.220 e. The Bertz CT molecular complexity index is 519. The number of hydrogen-bond acceptors (Lipinski definition) is 2. The molecule has 1 atom stereocenters. The second-order valence-electron chi connectivity index (χ2n) is 4.23. The van der Waals surface area contributed by atoms with Crippen LogP contribution in [0.1, 0.15) is 35.5 Å². The van der Waals surface area contributed by atoms with Gasteiger partial charge in [-0.25, -0.2) is 4.68 Å². The van der Waals surface area contributed by atoms with Crippen LogP contribution in [0.2, 0.25) is 0 Å². The van der Waals surface area contributed by atoms with E-state index in [0.717, 1.165) is 17.8 Å².